The Morgan fingerprint density at radius 2 is 1.44 bits per heavy atom. The van der Waals surface area contributed by atoms with Crippen LogP contribution in [0.25, 0.3) is 0 Å². The summed E-state index contributed by atoms with van der Waals surface area (Å²) < 4.78 is 0. The molecule has 2 aromatic carbocycles. The number of hydrogen-bond acceptors (Lipinski definition) is 3. The van der Waals surface area contributed by atoms with E-state index in [0.717, 1.165) is 5.56 Å². The Labute approximate surface area is 158 Å². The van der Waals surface area contributed by atoms with Crippen molar-refractivity contribution in [1.82, 2.24) is 5.32 Å². The van der Waals surface area contributed by atoms with E-state index in [0.29, 0.717) is 22.6 Å². The number of benzene rings is 2. The van der Waals surface area contributed by atoms with Crippen LogP contribution in [0.5, 0.6) is 0 Å². The first-order valence-corrected chi connectivity index (χ1v) is 8.62. The van der Waals surface area contributed by atoms with Gasteiger partial charge in [-0.05, 0) is 62.7 Å². The first kappa shape index (κ1) is 20.0. The maximum atomic E-state index is 12.4. The number of hydrogen-bond donors (Lipinski definition) is 4. The molecule has 0 unspecified atom stereocenters. The van der Waals surface area contributed by atoms with Gasteiger partial charge in [-0.3, -0.25) is 9.59 Å². The molecular formula is C20H24N4O3. The number of rotatable bonds is 5. The van der Waals surface area contributed by atoms with Crippen molar-refractivity contribution in [2.75, 3.05) is 16.0 Å². The summed E-state index contributed by atoms with van der Waals surface area (Å²) in [6.07, 6.45) is 0. The minimum absolute atomic E-state index is 0.0421. The SMILES string of the molecule is CC(=O)Nc1cc(C(=O)Nc2ccc(NC(=O)NC(C)C)cc2)ccc1C. The minimum atomic E-state index is -0.292. The van der Waals surface area contributed by atoms with Gasteiger partial charge < -0.3 is 21.3 Å². The number of carbonyl (C=O) groups excluding carboxylic acids is 3. The predicted octanol–water partition coefficient (Wildman–Crippen LogP) is 3.74. The molecule has 27 heavy (non-hydrogen) atoms. The highest BCUT2D eigenvalue weighted by Gasteiger charge is 2.10. The predicted molar refractivity (Wildman–Crippen MR) is 107 cm³/mol. The Hall–Kier alpha value is -3.35. The molecule has 0 radical (unpaired) electrons. The fraction of sp³-hybridized carbons (Fsp3) is 0.250. The van der Waals surface area contributed by atoms with Crippen LogP contribution in [0, 0.1) is 6.92 Å². The van der Waals surface area contributed by atoms with Crippen molar-refractivity contribution in [2.24, 2.45) is 0 Å². The fourth-order valence-corrected chi connectivity index (χ4v) is 2.36. The summed E-state index contributed by atoms with van der Waals surface area (Å²) in [6.45, 7) is 7.03. The maximum Gasteiger partial charge on any atom is 0.319 e. The van der Waals surface area contributed by atoms with E-state index in [1.54, 1.807) is 42.5 Å². The highest BCUT2D eigenvalue weighted by Crippen LogP contribution is 2.19. The van der Waals surface area contributed by atoms with Crippen LogP contribution in [0.4, 0.5) is 21.9 Å². The monoisotopic (exact) mass is 368 g/mol. The van der Waals surface area contributed by atoms with Crippen LogP contribution in [0.3, 0.4) is 0 Å². The summed E-state index contributed by atoms with van der Waals surface area (Å²) in [6, 6.07) is 11.7. The molecular weight excluding hydrogens is 344 g/mol. The standard InChI is InChI=1S/C20H24N4O3/c1-12(2)21-20(27)24-17-9-7-16(8-10-17)23-19(26)15-6-5-13(3)18(11-15)22-14(4)25/h5-12H,1-4H3,(H,22,25)(H,23,26)(H2,21,24,27). The first-order chi connectivity index (χ1) is 12.7. The summed E-state index contributed by atoms with van der Waals surface area (Å²) >= 11 is 0. The Kier molecular flexibility index (Phi) is 6.54. The van der Waals surface area contributed by atoms with Crippen molar-refractivity contribution in [1.29, 1.82) is 0 Å². The zero-order valence-electron chi connectivity index (χ0n) is 15.8. The van der Waals surface area contributed by atoms with Crippen molar-refractivity contribution >= 4 is 34.9 Å². The number of nitrogens with one attached hydrogen (secondary N) is 4. The number of urea groups is 1. The zero-order valence-corrected chi connectivity index (χ0v) is 15.8. The smallest absolute Gasteiger partial charge is 0.319 e. The molecule has 0 atom stereocenters. The third-order valence-corrected chi connectivity index (χ3v) is 3.63. The van der Waals surface area contributed by atoms with Gasteiger partial charge in [-0.1, -0.05) is 6.07 Å². The molecule has 0 saturated carbocycles. The lowest BCUT2D eigenvalue weighted by Crippen LogP contribution is -2.34. The van der Waals surface area contributed by atoms with Crippen LogP contribution in [-0.4, -0.2) is 23.9 Å². The molecule has 2 aromatic rings. The number of amides is 4. The van der Waals surface area contributed by atoms with Crippen LogP contribution >= 0.6 is 0 Å². The van der Waals surface area contributed by atoms with E-state index in [9.17, 15) is 14.4 Å². The maximum absolute atomic E-state index is 12.4. The van der Waals surface area contributed by atoms with Crippen LogP contribution in [0.15, 0.2) is 42.5 Å². The van der Waals surface area contributed by atoms with Gasteiger partial charge in [0.15, 0.2) is 0 Å². The molecule has 4 N–H and O–H groups in total. The molecule has 0 aliphatic rings. The van der Waals surface area contributed by atoms with E-state index < -0.39 is 0 Å². The Balaban J connectivity index is 2.03. The van der Waals surface area contributed by atoms with Gasteiger partial charge in [0.05, 0.1) is 0 Å². The molecule has 0 fully saturated rings. The molecule has 2 rings (SSSR count). The van der Waals surface area contributed by atoms with Crippen molar-refractivity contribution in [3.8, 4) is 0 Å². The summed E-state index contributed by atoms with van der Waals surface area (Å²) in [5, 5.41) is 10.9. The molecule has 0 aliphatic heterocycles. The molecule has 0 heterocycles. The van der Waals surface area contributed by atoms with Gasteiger partial charge in [0.2, 0.25) is 5.91 Å². The van der Waals surface area contributed by atoms with E-state index >= 15 is 0 Å². The molecule has 142 valence electrons. The minimum Gasteiger partial charge on any atom is -0.336 e. The lowest BCUT2D eigenvalue weighted by molar-refractivity contribution is -0.114. The van der Waals surface area contributed by atoms with Gasteiger partial charge in [0, 0.05) is 35.6 Å². The van der Waals surface area contributed by atoms with Crippen LogP contribution in [-0.2, 0) is 4.79 Å². The van der Waals surface area contributed by atoms with E-state index in [2.05, 4.69) is 21.3 Å². The van der Waals surface area contributed by atoms with Gasteiger partial charge in [0.1, 0.15) is 0 Å². The van der Waals surface area contributed by atoms with Crippen molar-refractivity contribution in [3.63, 3.8) is 0 Å². The largest absolute Gasteiger partial charge is 0.336 e. The van der Waals surface area contributed by atoms with Crippen LogP contribution in [0.2, 0.25) is 0 Å². The van der Waals surface area contributed by atoms with Crippen molar-refractivity contribution < 1.29 is 14.4 Å². The van der Waals surface area contributed by atoms with Gasteiger partial charge in [-0.25, -0.2) is 4.79 Å². The number of carbonyl (C=O) groups is 3. The van der Waals surface area contributed by atoms with E-state index in [1.165, 1.54) is 6.92 Å². The zero-order chi connectivity index (χ0) is 20.0. The van der Waals surface area contributed by atoms with Gasteiger partial charge in [-0.15, -0.1) is 0 Å². The highest BCUT2D eigenvalue weighted by molar-refractivity contribution is 6.05. The second-order valence-corrected chi connectivity index (χ2v) is 6.50. The molecule has 0 aromatic heterocycles. The van der Waals surface area contributed by atoms with Crippen molar-refractivity contribution in [3.05, 3.63) is 53.6 Å². The average molecular weight is 368 g/mol. The normalized spacial score (nSPS) is 10.3. The highest BCUT2D eigenvalue weighted by atomic mass is 16.2. The third-order valence-electron chi connectivity index (χ3n) is 3.63. The molecule has 0 saturated heterocycles. The summed E-state index contributed by atoms with van der Waals surface area (Å²) in [4.78, 5) is 35.4. The van der Waals surface area contributed by atoms with Gasteiger partial charge >= 0.3 is 6.03 Å². The summed E-state index contributed by atoms with van der Waals surface area (Å²) in [7, 11) is 0. The Morgan fingerprint density at radius 3 is 2.00 bits per heavy atom. The summed E-state index contributed by atoms with van der Waals surface area (Å²) in [5.41, 5.74) is 3.12. The van der Waals surface area contributed by atoms with Crippen molar-refractivity contribution in [2.45, 2.75) is 33.7 Å². The fourth-order valence-electron chi connectivity index (χ4n) is 2.36. The number of anilines is 3. The lowest BCUT2D eigenvalue weighted by atomic mass is 10.1. The van der Waals surface area contributed by atoms with Gasteiger partial charge in [0.25, 0.3) is 5.91 Å². The molecule has 7 nitrogen and oxygen atoms in total. The quantitative estimate of drug-likeness (QED) is 0.647. The van der Waals surface area contributed by atoms with E-state index in [4.69, 9.17) is 0 Å². The Morgan fingerprint density at radius 1 is 0.852 bits per heavy atom. The second kappa shape index (κ2) is 8.84. The lowest BCUT2D eigenvalue weighted by Gasteiger charge is -2.12. The number of aryl methyl sites for hydroxylation is 1. The van der Waals surface area contributed by atoms with Crippen LogP contribution in [0.1, 0.15) is 36.7 Å². The average Bonchev–Trinajstić information content (AvgIpc) is 2.57. The molecule has 0 aliphatic carbocycles. The molecule has 7 heteroatoms. The first-order valence-electron chi connectivity index (χ1n) is 8.62. The second-order valence-electron chi connectivity index (χ2n) is 6.50. The molecule has 0 spiro atoms. The third kappa shape index (κ3) is 6.14. The molecule has 0 bridgehead atoms. The Bertz CT molecular complexity index is 845. The van der Waals surface area contributed by atoms with E-state index in [1.807, 2.05) is 20.8 Å². The van der Waals surface area contributed by atoms with Crippen LogP contribution < -0.4 is 21.3 Å². The summed E-state index contributed by atoms with van der Waals surface area (Å²) in [5.74, 6) is -0.486. The van der Waals surface area contributed by atoms with E-state index in [-0.39, 0.29) is 23.9 Å². The molecule has 4 amide bonds. The van der Waals surface area contributed by atoms with Gasteiger partial charge in [-0.2, -0.15) is 0 Å². The topological polar surface area (TPSA) is 99.3 Å².